The normalized spacial score (nSPS) is 12.4. The highest BCUT2D eigenvalue weighted by Gasteiger charge is 2.15. The number of nitrogens with zero attached hydrogens (tertiary/aromatic N) is 1. The summed E-state index contributed by atoms with van der Waals surface area (Å²) in [6, 6.07) is 11.8. The summed E-state index contributed by atoms with van der Waals surface area (Å²) in [4.78, 5) is 0.0117. The Labute approximate surface area is 121 Å². The van der Waals surface area contributed by atoms with Crippen molar-refractivity contribution in [2.75, 3.05) is 0 Å². The highest BCUT2D eigenvalue weighted by atomic mass is 35.5. The predicted molar refractivity (Wildman–Crippen MR) is 77.2 cm³/mol. The third-order valence-corrected chi connectivity index (χ3v) is 4.29. The maximum absolute atomic E-state index is 13.5. The molecule has 0 unspecified atom stereocenters. The van der Waals surface area contributed by atoms with E-state index in [0.717, 1.165) is 5.56 Å². The van der Waals surface area contributed by atoms with E-state index in [1.807, 2.05) is 6.92 Å². The number of halogens is 2. The molecule has 0 radical (unpaired) electrons. The molecule has 20 heavy (non-hydrogen) atoms. The van der Waals surface area contributed by atoms with Gasteiger partial charge in [-0.25, -0.2) is 4.39 Å². The van der Waals surface area contributed by atoms with E-state index >= 15 is 0 Å². The Morgan fingerprint density at radius 1 is 1.10 bits per heavy atom. The number of rotatable bonds is 3. The molecule has 0 aliphatic rings. The number of benzene rings is 2. The van der Waals surface area contributed by atoms with Crippen molar-refractivity contribution in [3.8, 4) is 0 Å². The van der Waals surface area contributed by atoms with E-state index in [1.165, 1.54) is 30.3 Å². The van der Waals surface area contributed by atoms with Crippen LogP contribution in [0.2, 0.25) is 0 Å². The van der Waals surface area contributed by atoms with Gasteiger partial charge in [-0.1, -0.05) is 41.4 Å². The monoisotopic (exact) mass is 311 g/mol. The predicted octanol–water partition coefficient (Wildman–Crippen LogP) is 3.51. The van der Waals surface area contributed by atoms with Gasteiger partial charge in [0.25, 0.3) is 10.0 Å². The largest absolute Gasteiger partial charge is 0.283 e. The van der Waals surface area contributed by atoms with Crippen molar-refractivity contribution in [2.45, 2.75) is 11.8 Å². The standard InChI is InChI=1S/C14H11ClFNO2S/c1-10-6-8-11(9-7-10)20(18,19)17-14(15)12-4-2-3-5-13(12)16/h2-9H,1H3/b17-14-. The summed E-state index contributed by atoms with van der Waals surface area (Å²) in [6.07, 6.45) is 0. The fourth-order valence-corrected chi connectivity index (χ4v) is 2.87. The third kappa shape index (κ3) is 3.23. The van der Waals surface area contributed by atoms with Crippen LogP contribution >= 0.6 is 11.6 Å². The van der Waals surface area contributed by atoms with Crippen LogP contribution in [-0.4, -0.2) is 13.6 Å². The Bertz CT molecular complexity index is 755. The van der Waals surface area contributed by atoms with E-state index in [9.17, 15) is 12.8 Å². The van der Waals surface area contributed by atoms with Gasteiger partial charge in [0.05, 0.1) is 4.90 Å². The molecule has 0 aliphatic heterocycles. The quantitative estimate of drug-likeness (QED) is 0.814. The van der Waals surface area contributed by atoms with E-state index in [0.29, 0.717) is 0 Å². The summed E-state index contributed by atoms with van der Waals surface area (Å²) in [7, 11) is -3.95. The summed E-state index contributed by atoms with van der Waals surface area (Å²) in [6.45, 7) is 1.84. The zero-order valence-electron chi connectivity index (χ0n) is 10.5. The second-order valence-corrected chi connectivity index (χ2v) is 6.11. The fourth-order valence-electron chi connectivity index (χ4n) is 1.55. The minimum atomic E-state index is -3.95. The van der Waals surface area contributed by atoms with Gasteiger partial charge in [-0.05, 0) is 31.2 Å². The van der Waals surface area contributed by atoms with Crippen LogP contribution in [0.1, 0.15) is 11.1 Å². The van der Waals surface area contributed by atoms with Crippen LogP contribution in [0, 0.1) is 12.7 Å². The van der Waals surface area contributed by atoms with Crippen molar-refractivity contribution in [2.24, 2.45) is 4.40 Å². The van der Waals surface area contributed by atoms with Gasteiger partial charge >= 0.3 is 0 Å². The smallest absolute Gasteiger partial charge is 0.206 e. The highest BCUT2D eigenvalue weighted by molar-refractivity contribution is 7.90. The van der Waals surface area contributed by atoms with Crippen molar-refractivity contribution in [1.29, 1.82) is 0 Å². The van der Waals surface area contributed by atoms with Gasteiger partial charge in [0.2, 0.25) is 0 Å². The van der Waals surface area contributed by atoms with Crippen LogP contribution in [-0.2, 0) is 10.0 Å². The first-order valence-electron chi connectivity index (χ1n) is 5.72. The fraction of sp³-hybridized carbons (Fsp3) is 0.0714. The molecule has 0 aromatic heterocycles. The molecule has 2 rings (SSSR count). The summed E-state index contributed by atoms with van der Waals surface area (Å²) in [5.74, 6) is -0.625. The van der Waals surface area contributed by atoms with Gasteiger partial charge in [-0.15, -0.1) is 4.40 Å². The molecule has 0 heterocycles. The van der Waals surface area contributed by atoms with Crippen molar-refractivity contribution in [3.05, 3.63) is 65.5 Å². The van der Waals surface area contributed by atoms with Crippen LogP contribution in [0.4, 0.5) is 4.39 Å². The first-order valence-corrected chi connectivity index (χ1v) is 7.54. The molecule has 0 saturated carbocycles. The van der Waals surface area contributed by atoms with Gasteiger partial charge in [0.1, 0.15) is 5.82 Å². The van der Waals surface area contributed by atoms with Gasteiger partial charge in [-0.2, -0.15) is 8.42 Å². The molecule has 0 fully saturated rings. The van der Waals surface area contributed by atoms with E-state index in [4.69, 9.17) is 11.6 Å². The Hall–Kier alpha value is -1.72. The molecular formula is C14H11ClFNO2S. The Kier molecular flexibility index (Phi) is 4.20. The van der Waals surface area contributed by atoms with E-state index in [1.54, 1.807) is 18.2 Å². The molecule has 0 atom stereocenters. The van der Waals surface area contributed by atoms with Gasteiger partial charge in [-0.3, -0.25) is 0 Å². The molecular weight excluding hydrogens is 301 g/mol. The third-order valence-electron chi connectivity index (χ3n) is 2.62. The molecule has 0 aliphatic carbocycles. The van der Waals surface area contributed by atoms with Crippen LogP contribution in [0.5, 0.6) is 0 Å². The van der Waals surface area contributed by atoms with Gasteiger partial charge < -0.3 is 0 Å². The van der Waals surface area contributed by atoms with Crippen LogP contribution < -0.4 is 0 Å². The average molecular weight is 312 g/mol. The summed E-state index contributed by atoms with van der Waals surface area (Å²) in [5, 5.41) is -0.399. The van der Waals surface area contributed by atoms with Crippen molar-refractivity contribution < 1.29 is 12.8 Å². The van der Waals surface area contributed by atoms with Crippen molar-refractivity contribution >= 4 is 26.8 Å². The lowest BCUT2D eigenvalue weighted by Gasteiger charge is -2.02. The lowest BCUT2D eigenvalue weighted by atomic mass is 10.2. The topological polar surface area (TPSA) is 46.5 Å². The molecule has 0 amide bonds. The second kappa shape index (κ2) is 5.73. The lowest BCUT2D eigenvalue weighted by molar-refractivity contribution is 0.598. The van der Waals surface area contributed by atoms with E-state index < -0.39 is 21.0 Å². The summed E-state index contributed by atoms with van der Waals surface area (Å²) >= 11 is 5.81. The first-order chi connectivity index (χ1) is 9.40. The Balaban J connectivity index is 2.43. The SMILES string of the molecule is Cc1ccc(S(=O)(=O)/N=C(\Cl)c2ccccc2F)cc1. The molecule has 104 valence electrons. The molecule has 3 nitrogen and oxygen atoms in total. The molecule has 0 bridgehead atoms. The van der Waals surface area contributed by atoms with Gasteiger partial charge in [0.15, 0.2) is 5.17 Å². The first kappa shape index (κ1) is 14.7. The van der Waals surface area contributed by atoms with Crippen molar-refractivity contribution in [3.63, 3.8) is 0 Å². The number of hydrogen-bond donors (Lipinski definition) is 0. The molecule has 2 aromatic rings. The minimum Gasteiger partial charge on any atom is -0.206 e. The zero-order chi connectivity index (χ0) is 14.8. The van der Waals surface area contributed by atoms with E-state index in [-0.39, 0.29) is 10.5 Å². The molecule has 0 N–H and O–H groups in total. The second-order valence-electron chi connectivity index (χ2n) is 4.15. The lowest BCUT2D eigenvalue weighted by Crippen LogP contribution is -2.03. The maximum Gasteiger partial charge on any atom is 0.283 e. The maximum atomic E-state index is 13.5. The molecule has 2 aromatic carbocycles. The van der Waals surface area contributed by atoms with Crippen LogP contribution in [0.15, 0.2) is 57.8 Å². The van der Waals surface area contributed by atoms with E-state index in [2.05, 4.69) is 4.40 Å². The molecule has 6 heteroatoms. The highest BCUT2D eigenvalue weighted by Crippen LogP contribution is 2.17. The summed E-state index contributed by atoms with van der Waals surface area (Å²) in [5.41, 5.74) is 0.873. The molecule has 0 spiro atoms. The zero-order valence-corrected chi connectivity index (χ0v) is 12.1. The summed E-state index contributed by atoms with van der Waals surface area (Å²) < 4.78 is 41.1. The van der Waals surface area contributed by atoms with Gasteiger partial charge in [0, 0.05) is 5.56 Å². The minimum absolute atomic E-state index is 0.0117. The Morgan fingerprint density at radius 2 is 1.70 bits per heavy atom. The average Bonchev–Trinajstić information content (AvgIpc) is 2.39. The number of aryl methyl sites for hydroxylation is 1. The molecule has 0 saturated heterocycles. The van der Waals surface area contributed by atoms with Crippen LogP contribution in [0.3, 0.4) is 0 Å². The van der Waals surface area contributed by atoms with Crippen molar-refractivity contribution in [1.82, 2.24) is 0 Å². The number of hydrogen-bond acceptors (Lipinski definition) is 2. The van der Waals surface area contributed by atoms with Crippen LogP contribution in [0.25, 0.3) is 0 Å². The Morgan fingerprint density at radius 3 is 2.30 bits per heavy atom. The number of sulfonamides is 1.